The van der Waals surface area contributed by atoms with Crippen molar-refractivity contribution >= 4 is 0 Å². The Kier molecular flexibility index (Phi) is 5.86. The lowest BCUT2D eigenvalue weighted by atomic mass is 10.1. The van der Waals surface area contributed by atoms with Crippen LogP contribution in [-0.2, 0) is 6.54 Å². The molecule has 3 atom stereocenters. The second kappa shape index (κ2) is 7.19. The van der Waals surface area contributed by atoms with Gasteiger partial charge in [0.2, 0.25) is 0 Å². The Hall–Kier alpha value is -1.20. The molecule has 0 saturated heterocycles. The first-order chi connectivity index (χ1) is 8.19. The third kappa shape index (κ3) is 4.28. The largest absolute Gasteiger partial charge is 0.394 e. The predicted octanol–water partition coefficient (Wildman–Crippen LogP) is 0.0449. The molecule has 94 valence electrons. The second-order valence-corrected chi connectivity index (χ2v) is 3.87. The van der Waals surface area contributed by atoms with Crippen LogP contribution < -0.4 is 5.32 Å². The van der Waals surface area contributed by atoms with Gasteiger partial charge < -0.3 is 20.6 Å². The van der Waals surface area contributed by atoms with Crippen LogP contribution in [0.2, 0.25) is 0 Å². The van der Waals surface area contributed by atoms with E-state index in [1.807, 2.05) is 30.3 Å². The number of hydrogen-bond donors (Lipinski definition) is 4. The minimum absolute atomic E-state index is 0.461. The van der Waals surface area contributed by atoms with Gasteiger partial charge in [0.05, 0.1) is 12.6 Å². The van der Waals surface area contributed by atoms with E-state index in [4.69, 9.17) is 5.11 Å². The van der Waals surface area contributed by atoms with Gasteiger partial charge >= 0.3 is 0 Å². The molecule has 0 heterocycles. The lowest BCUT2D eigenvalue weighted by molar-refractivity contribution is -0.0245. The fraction of sp³-hybridized carbons (Fsp3) is 0.385. The van der Waals surface area contributed by atoms with E-state index in [0.29, 0.717) is 6.54 Å². The molecule has 17 heavy (non-hydrogen) atoms. The summed E-state index contributed by atoms with van der Waals surface area (Å²) < 4.78 is 0. The monoisotopic (exact) mass is 237 g/mol. The van der Waals surface area contributed by atoms with Crippen LogP contribution in [0.5, 0.6) is 0 Å². The molecule has 0 aromatic heterocycles. The van der Waals surface area contributed by atoms with Crippen molar-refractivity contribution in [1.82, 2.24) is 5.32 Å². The van der Waals surface area contributed by atoms with Crippen molar-refractivity contribution in [3.63, 3.8) is 0 Å². The second-order valence-electron chi connectivity index (χ2n) is 3.87. The first kappa shape index (κ1) is 13.9. The van der Waals surface area contributed by atoms with Gasteiger partial charge in [-0.1, -0.05) is 36.4 Å². The molecular formula is C13H19NO3. The molecule has 0 aliphatic rings. The molecule has 0 unspecified atom stereocenters. The van der Waals surface area contributed by atoms with E-state index >= 15 is 0 Å². The van der Waals surface area contributed by atoms with Crippen LogP contribution in [-0.4, -0.2) is 40.2 Å². The maximum Gasteiger partial charge on any atom is 0.105 e. The SMILES string of the molecule is C=C[C@@H](NCc1ccccc1)[C@@H](O)[C@@H](O)CO. The Labute approximate surface area is 101 Å². The zero-order valence-corrected chi connectivity index (χ0v) is 9.66. The average molecular weight is 237 g/mol. The highest BCUT2D eigenvalue weighted by atomic mass is 16.4. The molecular weight excluding hydrogens is 218 g/mol. The van der Waals surface area contributed by atoms with Crippen molar-refractivity contribution in [3.05, 3.63) is 48.6 Å². The number of rotatable bonds is 7. The average Bonchev–Trinajstić information content (AvgIpc) is 2.39. The van der Waals surface area contributed by atoms with Gasteiger partial charge in [-0.05, 0) is 5.56 Å². The van der Waals surface area contributed by atoms with E-state index in [1.54, 1.807) is 0 Å². The highest BCUT2D eigenvalue weighted by Crippen LogP contribution is 2.04. The Morgan fingerprint density at radius 3 is 2.41 bits per heavy atom. The molecule has 1 aromatic rings. The maximum absolute atomic E-state index is 9.71. The molecule has 4 nitrogen and oxygen atoms in total. The van der Waals surface area contributed by atoms with E-state index in [1.165, 1.54) is 6.08 Å². The van der Waals surface area contributed by atoms with E-state index < -0.39 is 24.9 Å². The molecule has 0 bridgehead atoms. The predicted molar refractivity (Wildman–Crippen MR) is 66.4 cm³/mol. The molecule has 0 radical (unpaired) electrons. The van der Waals surface area contributed by atoms with Gasteiger partial charge in [0.25, 0.3) is 0 Å². The summed E-state index contributed by atoms with van der Waals surface area (Å²) in [6.07, 6.45) is -0.713. The Morgan fingerprint density at radius 1 is 1.24 bits per heavy atom. The number of aliphatic hydroxyl groups is 3. The van der Waals surface area contributed by atoms with Crippen molar-refractivity contribution in [2.45, 2.75) is 24.8 Å². The van der Waals surface area contributed by atoms with Crippen LogP contribution >= 0.6 is 0 Å². The van der Waals surface area contributed by atoms with Crippen molar-refractivity contribution in [2.75, 3.05) is 6.61 Å². The first-order valence-corrected chi connectivity index (χ1v) is 5.56. The zero-order chi connectivity index (χ0) is 12.7. The summed E-state index contributed by atoms with van der Waals surface area (Å²) in [4.78, 5) is 0. The summed E-state index contributed by atoms with van der Waals surface area (Å²) in [7, 11) is 0. The van der Waals surface area contributed by atoms with Crippen LogP contribution in [0.1, 0.15) is 5.56 Å². The van der Waals surface area contributed by atoms with Gasteiger partial charge in [0.1, 0.15) is 12.2 Å². The van der Waals surface area contributed by atoms with Crippen molar-refractivity contribution in [1.29, 1.82) is 0 Å². The quantitative estimate of drug-likeness (QED) is 0.505. The summed E-state index contributed by atoms with van der Waals surface area (Å²) >= 11 is 0. The maximum atomic E-state index is 9.71. The minimum Gasteiger partial charge on any atom is -0.394 e. The van der Waals surface area contributed by atoms with Crippen molar-refractivity contribution < 1.29 is 15.3 Å². The third-order valence-electron chi connectivity index (χ3n) is 2.59. The highest BCUT2D eigenvalue weighted by Gasteiger charge is 2.22. The Morgan fingerprint density at radius 2 is 1.88 bits per heavy atom. The summed E-state index contributed by atoms with van der Waals surface area (Å²) in [6.45, 7) is 3.68. The Bertz CT molecular complexity index is 329. The molecule has 0 saturated carbocycles. The normalized spacial score (nSPS) is 16.2. The van der Waals surface area contributed by atoms with Crippen molar-refractivity contribution in [3.8, 4) is 0 Å². The third-order valence-corrected chi connectivity index (χ3v) is 2.59. The number of hydrogen-bond acceptors (Lipinski definition) is 4. The smallest absolute Gasteiger partial charge is 0.105 e. The van der Waals surface area contributed by atoms with Crippen LogP contribution in [0.4, 0.5) is 0 Å². The van der Waals surface area contributed by atoms with Gasteiger partial charge in [-0.25, -0.2) is 0 Å². The molecule has 0 spiro atoms. The topological polar surface area (TPSA) is 72.7 Å². The standard InChI is InChI=1S/C13H19NO3/c1-2-11(13(17)12(16)9-15)14-8-10-6-4-3-5-7-10/h2-7,11-17H,1,8-9H2/t11-,12+,13-/m1/s1. The lowest BCUT2D eigenvalue weighted by Crippen LogP contribution is -2.46. The summed E-state index contributed by atoms with van der Waals surface area (Å²) in [5, 5.41) is 30.9. The van der Waals surface area contributed by atoms with Crippen molar-refractivity contribution in [2.24, 2.45) is 0 Å². The van der Waals surface area contributed by atoms with Gasteiger partial charge in [-0.3, -0.25) is 0 Å². The van der Waals surface area contributed by atoms with Gasteiger partial charge in [0.15, 0.2) is 0 Å². The van der Waals surface area contributed by atoms with E-state index in [0.717, 1.165) is 5.56 Å². The lowest BCUT2D eigenvalue weighted by Gasteiger charge is -2.24. The van der Waals surface area contributed by atoms with Crippen LogP contribution in [0, 0.1) is 0 Å². The van der Waals surface area contributed by atoms with Gasteiger partial charge in [0, 0.05) is 6.54 Å². The van der Waals surface area contributed by atoms with Gasteiger partial charge in [-0.2, -0.15) is 0 Å². The van der Waals surface area contributed by atoms with Crippen LogP contribution in [0.15, 0.2) is 43.0 Å². The van der Waals surface area contributed by atoms with E-state index in [-0.39, 0.29) is 0 Å². The molecule has 1 rings (SSSR count). The highest BCUT2D eigenvalue weighted by molar-refractivity contribution is 5.14. The number of aliphatic hydroxyl groups excluding tert-OH is 3. The fourth-order valence-corrected chi connectivity index (χ4v) is 1.52. The molecule has 0 aliphatic carbocycles. The molecule has 4 heteroatoms. The number of nitrogens with one attached hydrogen (secondary N) is 1. The molecule has 1 aromatic carbocycles. The first-order valence-electron chi connectivity index (χ1n) is 5.56. The summed E-state index contributed by atoms with van der Waals surface area (Å²) in [6, 6.07) is 9.25. The van der Waals surface area contributed by atoms with E-state index in [2.05, 4.69) is 11.9 Å². The molecule has 0 fully saturated rings. The summed E-state index contributed by atoms with van der Waals surface area (Å²) in [5.41, 5.74) is 1.07. The van der Waals surface area contributed by atoms with Crippen LogP contribution in [0.3, 0.4) is 0 Å². The minimum atomic E-state index is -1.17. The van der Waals surface area contributed by atoms with Crippen LogP contribution in [0.25, 0.3) is 0 Å². The molecule has 4 N–H and O–H groups in total. The fourth-order valence-electron chi connectivity index (χ4n) is 1.52. The molecule has 0 aliphatic heterocycles. The zero-order valence-electron chi connectivity index (χ0n) is 9.66. The van der Waals surface area contributed by atoms with Gasteiger partial charge in [-0.15, -0.1) is 6.58 Å². The molecule has 0 amide bonds. The Balaban J connectivity index is 2.50. The van der Waals surface area contributed by atoms with E-state index in [9.17, 15) is 10.2 Å². The summed E-state index contributed by atoms with van der Waals surface area (Å²) in [5.74, 6) is 0. The number of benzene rings is 1.